The van der Waals surface area contributed by atoms with Crippen LogP contribution in [0.15, 0.2) is 35.7 Å². The van der Waals surface area contributed by atoms with E-state index in [1.807, 2.05) is 11.4 Å². The first-order chi connectivity index (χ1) is 10.5. The molecule has 0 saturated heterocycles. The molecule has 1 heterocycles. The molecule has 0 spiro atoms. The third kappa shape index (κ3) is 5.16. The Labute approximate surface area is 137 Å². The number of rotatable bonds is 7. The van der Waals surface area contributed by atoms with E-state index in [-0.39, 0.29) is 11.5 Å². The molecule has 0 aliphatic rings. The van der Waals surface area contributed by atoms with E-state index in [1.54, 1.807) is 35.6 Å². The number of amides is 1. The molecule has 0 bridgehead atoms. The predicted molar refractivity (Wildman–Crippen MR) is 87.8 cm³/mol. The van der Waals surface area contributed by atoms with E-state index >= 15 is 0 Å². The van der Waals surface area contributed by atoms with E-state index in [0.717, 1.165) is 10.4 Å². The van der Waals surface area contributed by atoms with Crippen molar-refractivity contribution in [3.05, 3.63) is 56.7 Å². The number of halogens is 1. The number of aryl methyl sites for hydroxylation is 1. The lowest BCUT2D eigenvalue weighted by molar-refractivity contribution is -0.121. The molecule has 116 valence electrons. The quantitative estimate of drug-likeness (QED) is 0.813. The van der Waals surface area contributed by atoms with E-state index in [0.29, 0.717) is 30.8 Å². The number of aromatic carboxylic acids is 1. The Morgan fingerprint density at radius 3 is 2.50 bits per heavy atom. The summed E-state index contributed by atoms with van der Waals surface area (Å²) in [6.07, 6.45) is 1.81. The first-order valence-corrected chi connectivity index (χ1v) is 8.12. The van der Waals surface area contributed by atoms with Crippen LogP contribution in [-0.2, 0) is 17.6 Å². The molecule has 2 aromatic rings. The first kappa shape index (κ1) is 16.5. The molecule has 2 N–H and O–H groups in total. The number of carboxylic acids is 1. The van der Waals surface area contributed by atoms with Crippen molar-refractivity contribution in [2.75, 3.05) is 6.54 Å². The summed E-state index contributed by atoms with van der Waals surface area (Å²) in [5, 5.41) is 14.2. The lowest BCUT2D eigenvalue weighted by atomic mass is 10.1. The maximum Gasteiger partial charge on any atom is 0.335 e. The van der Waals surface area contributed by atoms with E-state index in [4.69, 9.17) is 16.7 Å². The fraction of sp³-hybridized carbons (Fsp3) is 0.250. The van der Waals surface area contributed by atoms with Crippen molar-refractivity contribution in [2.24, 2.45) is 0 Å². The second-order valence-electron chi connectivity index (χ2n) is 4.83. The molecule has 0 atom stereocenters. The molecule has 1 aromatic heterocycles. The second kappa shape index (κ2) is 7.96. The van der Waals surface area contributed by atoms with Crippen LogP contribution in [0.4, 0.5) is 0 Å². The van der Waals surface area contributed by atoms with Gasteiger partial charge in [-0.05, 0) is 36.6 Å². The Balaban J connectivity index is 1.69. The minimum absolute atomic E-state index is 0.00618. The van der Waals surface area contributed by atoms with E-state index in [1.165, 1.54) is 0 Å². The van der Waals surface area contributed by atoms with Crippen LogP contribution in [0, 0.1) is 0 Å². The van der Waals surface area contributed by atoms with Gasteiger partial charge in [-0.3, -0.25) is 4.79 Å². The lowest BCUT2D eigenvalue weighted by Gasteiger charge is -2.05. The second-order valence-corrected chi connectivity index (χ2v) is 6.27. The lowest BCUT2D eigenvalue weighted by Crippen LogP contribution is -2.25. The normalized spacial score (nSPS) is 10.4. The summed E-state index contributed by atoms with van der Waals surface area (Å²) in [4.78, 5) is 23.6. The van der Waals surface area contributed by atoms with Crippen molar-refractivity contribution in [3.8, 4) is 0 Å². The van der Waals surface area contributed by atoms with Gasteiger partial charge in [0.1, 0.15) is 0 Å². The van der Waals surface area contributed by atoms with Crippen LogP contribution >= 0.6 is 22.9 Å². The summed E-state index contributed by atoms with van der Waals surface area (Å²) < 4.78 is 0. The molecular formula is C16H16ClNO3S. The van der Waals surface area contributed by atoms with Crippen LogP contribution in [0.5, 0.6) is 0 Å². The number of benzene rings is 1. The summed E-state index contributed by atoms with van der Waals surface area (Å²) in [6, 6.07) is 8.55. The van der Waals surface area contributed by atoms with Crippen molar-refractivity contribution in [1.29, 1.82) is 0 Å². The highest BCUT2D eigenvalue weighted by molar-refractivity contribution is 7.10. The molecule has 1 aromatic carbocycles. The zero-order valence-electron chi connectivity index (χ0n) is 11.8. The SMILES string of the molecule is O=C(CCc1cc(Cl)cs1)NCCc1ccc(C(=O)O)cc1. The minimum atomic E-state index is -0.937. The van der Waals surface area contributed by atoms with Crippen molar-refractivity contribution < 1.29 is 14.7 Å². The Bertz CT molecular complexity index is 652. The van der Waals surface area contributed by atoms with Crippen molar-refractivity contribution in [1.82, 2.24) is 5.32 Å². The van der Waals surface area contributed by atoms with Gasteiger partial charge in [0.25, 0.3) is 0 Å². The molecule has 0 aliphatic heterocycles. The van der Waals surface area contributed by atoms with Gasteiger partial charge in [-0.25, -0.2) is 4.79 Å². The highest BCUT2D eigenvalue weighted by Gasteiger charge is 2.05. The zero-order valence-corrected chi connectivity index (χ0v) is 13.4. The Kier molecular flexibility index (Phi) is 5.98. The van der Waals surface area contributed by atoms with Crippen LogP contribution in [0.2, 0.25) is 5.02 Å². The minimum Gasteiger partial charge on any atom is -0.478 e. The molecule has 0 fully saturated rings. The number of carboxylic acid groups (broad SMARTS) is 1. The van der Waals surface area contributed by atoms with Gasteiger partial charge in [0.05, 0.1) is 10.6 Å². The van der Waals surface area contributed by atoms with Crippen molar-refractivity contribution in [2.45, 2.75) is 19.3 Å². The van der Waals surface area contributed by atoms with Crippen LogP contribution in [-0.4, -0.2) is 23.5 Å². The molecule has 4 nitrogen and oxygen atoms in total. The van der Waals surface area contributed by atoms with Gasteiger partial charge in [0.15, 0.2) is 0 Å². The first-order valence-electron chi connectivity index (χ1n) is 6.86. The Morgan fingerprint density at radius 2 is 1.91 bits per heavy atom. The largest absolute Gasteiger partial charge is 0.478 e. The van der Waals surface area contributed by atoms with Gasteiger partial charge in [-0.15, -0.1) is 11.3 Å². The molecule has 0 aliphatic carbocycles. The van der Waals surface area contributed by atoms with Crippen LogP contribution in [0.3, 0.4) is 0 Å². The monoisotopic (exact) mass is 337 g/mol. The molecular weight excluding hydrogens is 322 g/mol. The average molecular weight is 338 g/mol. The number of hydrogen-bond donors (Lipinski definition) is 2. The topological polar surface area (TPSA) is 66.4 Å². The van der Waals surface area contributed by atoms with Gasteiger partial charge in [0.2, 0.25) is 5.91 Å². The van der Waals surface area contributed by atoms with Gasteiger partial charge in [0, 0.05) is 23.2 Å². The van der Waals surface area contributed by atoms with Crippen molar-refractivity contribution in [3.63, 3.8) is 0 Å². The molecule has 1 amide bonds. The van der Waals surface area contributed by atoms with E-state index < -0.39 is 5.97 Å². The summed E-state index contributed by atoms with van der Waals surface area (Å²) in [5.74, 6) is -0.930. The molecule has 2 rings (SSSR count). The maximum atomic E-state index is 11.7. The molecule has 0 saturated carbocycles. The van der Waals surface area contributed by atoms with Gasteiger partial charge in [-0.2, -0.15) is 0 Å². The Hall–Kier alpha value is -1.85. The van der Waals surface area contributed by atoms with Crippen LogP contribution < -0.4 is 5.32 Å². The van der Waals surface area contributed by atoms with Gasteiger partial charge >= 0.3 is 5.97 Å². The third-order valence-electron chi connectivity index (χ3n) is 3.16. The summed E-state index contributed by atoms with van der Waals surface area (Å²) in [7, 11) is 0. The van der Waals surface area contributed by atoms with Crippen molar-refractivity contribution >= 4 is 34.8 Å². The zero-order chi connectivity index (χ0) is 15.9. The highest BCUT2D eigenvalue weighted by atomic mass is 35.5. The maximum absolute atomic E-state index is 11.7. The van der Waals surface area contributed by atoms with Crippen LogP contribution in [0.1, 0.15) is 27.2 Å². The summed E-state index contributed by atoms with van der Waals surface area (Å²) >= 11 is 7.39. The smallest absolute Gasteiger partial charge is 0.335 e. The predicted octanol–water partition coefficient (Wildman–Crippen LogP) is 3.39. The Morgan fingerprint density at radius 1 is 1.18 bits per heavy atom. The van der Waals surface area contributed by atoms with Gasteiger partial charge < -0.3 is 10.4 Å². The fourth-order valence-electron chi connectivity index (χ4n) is 1.97. The molecule has 22 heavy (non-hydrogen) atoms. The molecule has 0 unspecified atom stereocenters. The average Bonchev–Trinajstić information content (AvgIpc) is 2.91. The van der Waals surface area contributed by atoms with E-state index in [2.05, 4.69) is 5.32 Å². The van der Waals surface area contributed by atoms with Crippen LogP contribution in [0.25, 0.3) is 0 Å². The fourth-order valence-corrected chi connectivity index (χ4v) is 3.05. The highest BCUT2D eigenvalue weighted by Crippen LogP contribution is 2.20. The number of hydrogen-bond acceptors (Lipinski definition) is 3. The van der Waals surface area contributed by atoms with Gasteiger partial charge in [-0.1, -0.05) is 23.7 Å². The number of carbonyl (C=O) groups is 2. The summed E-state index contributed by atoms with van der Waals surface area (Å²) in [5.41, 5.74) is 1.26. The number of carbonyl (C=O) groups excluding carboxylic acids is 1. The van der Waals surface area contributed by atoms with E-state index in [9.17, 15) is 9.59 Å². The number of thiophene rings is 1. The summed E-state index contributed by atoms with van der Waals surface area (Å²) in [6.45, 7) is 0.538. The molecule has 0 radical (unpaired) electrons. The molecule has 6 heteroatoms. The number of nitrogens with one attached hydrogen (secondary N) is 1. The third-order valence-corrected chi connectivity index (χ3v) is 4.50. The standard InChI is InChI=1S/C16H16ClNO3S/c17-13-9-14(22-10-13)5-6-15(19)18-8-7-11-1-3-12(4-2-11)16(20)21/h1-4,9-10H,5-8H2,(H,18,19)(H,20,21).